The largest absolute Gasteiger partial charge is 0.508 e. The number of nitro benzene ring substituents is 1. The maximum Gasteiger partial charge on any atom is 0.271 e. The van der Waals surface area contributed by atoms with Crippen molar-refractivity contribution in [1.82, 2.24) is 0 Å². The lowest BCUT2D eigenvalue weighted by Gasteiger charge is -2.36. The molecule has 1 saturated heterocycles. The molecule has 10 nitrogen and oxygen atoms in total. The molecule has 10 heteroatoms. The van der Waals surface area contributed by atoms with Gasteiger partial charge in [0.15, 0.2) is 0 Å². The summed E-state index contributed by atoms with van der Waals surface area (Å²) in [7, 11) is 0. The van der Waals surface area contributed by atoms with Crippen LogP contribution in [0.15, 0.2) is 65.3 Å². The minimum atomic E-state index is -1.07. The third kappa shape index (κ3) is 5.84. The van der Waals surface area contributed by atoms with E-state index in [-0.39, 0.29) is 30.0 Å². The van der Waals surface area contributed by atoms with Crippen LogP contribution in [0.1, 0.15) is 44.6 Å². The molecule has 1 fully saturated rings. The van der Waals surface area contributed by atoms with Gasteiger partial charge >= 0.3 is 0 Å². The van der Waals surface area contributed by atoms with Crippen LogP contribution in [0, 0.1) is 27.9 Å². The van der Waals surface area contributed by atoms with Crippen molar-refractivity contribution in [3.8, 4) is 5.75 Å². The van der Waals surface area contributed by atoms with Crippen LogP contribution in [-0.4, -0.2) is 56.5 Å². The van der Waals surface area contributed by atoms with Gasteiger partial charge in [0.05, 0.1) is 41.8 Å². The van der Waals surface area contributed by atoms with E-state index in [9.17, 15) is 40.1 Å². The molecule has 1 aliphatic heterocycles. The van der Waals surface area contributed by atoms with Crippen molar-refractivity contribution in [2.75, 3.05) is 18.1 Å². The number of aliphatic hydroxyl groups is 3. The predicted octanol–water partition coefficient (Wildman–Crippen LogP) is 3.73. The maximum absolute atomic E-state index is 13.6. The van der Waals surface area contributed by atoms with Crippen LogP contribution in [0.5, 0.6) is 5.75 Å². The van der Waals surface area contributed by atoms with Crippen molar-refractivity contribution < 1.29 is 34.9 Å². The van der Waals surface area contributed by atoms with E-state index in [2.05, 4.69) is 0 Å². The monoisotopic (exact) mass is 550 g/mol. The summed E-state index contributed by atoms with van der Waals surface area (Å²) in [5, 5.41) is 53.0. The molecule has 0 radical (unpaired) electrons. The molecule has 0 spiro atoms. The second-order valence-corrected chi connectivity index (χ2v) is 10.3. The molecule has 2 amide bonds. The number of non-ortho nitro benzene ring substituents is 1. The van der Waals surface area contributed by atoms with Crippen LogP contribution >= 0.6 is 0 Å². The van der Waals surface area contributed by atoms with Crippen LogP contribution in [0.25, 0.3) is 6.08 Å². The summed E-state index contributed by atoms with van der Waals surface area (Å²) >= 11 is 0. The van der Waals surface area contributed by atoms with Crippen molar-refractivity contribution in [2.24, 2.45) is 17.8 Å². The number of nitro groups is 1. The minimum Gasteiger partial charge on any atom is -0.508 e. The van der Waals surface area contributed by atoms with E-state index in [1.54, 1.807) is 18.2 Å². The van der Waals surface area contributed by atoms with Crippen molar-refractivity contribution in [3.05, 3.63) is 80.9 Å². The number of amides is 2. The van der Waals surface area contributed by atoms with Gasteiger partial charge in [-0.25, -0.2) is 4.90 Å². The Labute approximate surface area is 232 Å². The van der Waals surface area contributed by atoms with E-state index >= 15 is 0 Å². The first kappa shape index (κ1) is 29.1. The van der Waals surface area contributed by atoms with Gasteiger partial charge in [-0.1, -0.05) is 43.2 Å². The second-order valence-electron chi connectivity index (χ2n) is 10.3. The molecule has 4 N–H and O–H groups in total. The molecular weight excluding hydrogens is 516 g/mol. The zero-order valence-electron chi connectivity index (χ0n) is 22.3. The molecule has 2 aromatic carbocycles. The zero-order chi connectivity index (χ0) is 29.0. The van der Waals surface area contributed by atoms with E-state index in [1.807, 2.05) is 19.1 Å². The molecule has 0 unspecified atom stereocenters. The number of fused-ring (bicyclic) bond motifs is 1. The summed E-state index contributed by atoms with van der Waals surface area (Å²) in [6, 6.07) is 12.1. The highest BCUT2D eigenvalue weighted by molar-refractivity contribution is 6.22. The predicted molar refractivity (Wildman–Crippen MR) is 148 cm³/mol. The lowest BCUT2D eigenvalue weighted by atomic mass is 9.68. The third-order valence-corrected chi connectivity index (χ3v) is 7.78. The summed E-state index contributed by atoms with van der Waals surface area (Å²) in [4.78, 5) is 38.5. The Morgan fingerprint density at radius 2 is 1.88 bits per heavy atom. The molecule has 1 aliphatic carbocycles. The minimum absolute atomic E-state index is 0.0427. The Morgan fingerprint density at radius 1 is 1.12 bits per heavy atom. The molecule has 2 aliphatic rings. The summed E-state index contributed by atoms with van der Waals surface area (Å²) in [5.74, 6) is -3.70. The third-order valence-electron chi connectivity index (χ3n) is 7.78. The lowest BCUT2D eigenvalue weighted by Crippen LogP contribution is -2.39. The number of anilines is 1. The van der Waals surface area contributed by atoms with E-state index in [4.69, 9.17) is 0 Å². The number of hydrogen-bond acceptors (Lipinski definition) is 8. The SMILES string of the molecule is CCC/C(=C\c1cccc(O)c1)CC[C@@H](O)C1=C(CO)C[C@H]2C(=O)N(c3cccc([N+](=O)[O-])c3)C(=O)[C@H]2[C@H]1CO. The van der Waals surface area contributed by atoms with Gasteiger partial charge in [0.1, 0.15) is 5.75 Å². The molecule has 2 aromatic rings. The Hall–Kier alpha value is -3.86. The number of phenols is 1. The van der Waals surface area contributed by atoms with E-state index < -0.39 is 53.8 Å². The zero-order valence-corrected chi connectivity index (χ0v) is 22.3. The number of aliphatic hydroxyl groups excluding tert-OH is 3. The van der Waals surface area contributed by atoms with Gasteiger partial charge in [-0.2, -0.15) is 0 Å². The molecule has 0 bridgehead atoms. The molecule has 4 rings (SSSR count). The van der Waals surface area contributed by atoms with Crippen LogP contribution in [0.3, 0.4) is 0 Å². The van der Waals surface area contributed by atoms with Gasteiger partial charge in [0.25, 0.3) is 5.69 Å². The van der Waals surface area contributed by atoms with Crippen LogP contribution in [0.2, 0.25) is 0 Å². The highest BCUT2D eigenvalue weighted by atomic mass is 16.6. The molecule has 4 atom stereocenters. The highest BCUT2D eigenvalue weighted by Crippen LogP contribution is 2.47. The number of nitrogens with zero attached hydrogens (tertiary/aromatic N) is 2. The summed E-state index contributed by atoms with van der Waals surface area (Å²) < 4.78 is 0. The number of allylic oxidation sites excluding steroid dienone is 1. The molecule has 212 valence electrons. The number of rotatable bonds is 11. The van der Waals surface area contributed by atoms with Gasteiger partial charge < -0.3 is 20.4 Å². The molecule has 0 saturated carbocycles. The van der Waals surface area contributed by atoms with Gasteiger partial charge in [-0.15, -0.1) is 0 Å². The summed E-state index contributed by atoms with van der Waals surface area (Å²) in [6.07, 6.45) is 3.36. The summed E-state index contributed by atoms with van der Waals surface area (Å²) in [6.45, 7) is 1.09. The number of aromatic hydroxyl groups is 1. The Morgan fingerprint density at radius 3 is 2.52 bits per heavy atom. The molecule has 0 aromatic heterocycles. The van der Waals surface area contributed by atoms with E-state index in [1.165, 1.54) is 18.2 Å². The Balaban J connectivity index is 1.59. The fraction of sp³-hybridized carbons (Fsp3) is 0.400. The highest BCUT2D eigenvalue weighted by Gasteiger charge is 2.55. The lowest BCUT2D eigenvalue weighted by molar-refractivity contribution is -0.384. The number of benzene rings is 2. The topological polar surface area (TPSA) is 161 Å². The van der Waals surface area contributed by atoms with Crippen LogP contribution in [0.4, 0.5) is 11.4 Å². The first-order chi connectivity index (χ1) is 19.2. The average molecular weight is 551 g/mol. The number of carbonyl (C=O) groups is 2. The molecular formula is C30H34N2O8. The molecule has 1 heterocycles. The van der Waals surface area contributed by atoms with Crippen molar-refractivity contribution in [1.29, 1.82) is 0 Å². The standard InChI is InChI=1S/C30H34N2O8/c1-2-5-18(12-19-6-3-9-23(35)13-19)10-11-26(36)27-20(16-33)14-24-28(25(27)17-34)30(38)31(29(24)37)21-7-4-8-22(15-21)32(39)40/h3-4,6-9,12-13,15,24-26,28,33-36H,2,5,10-11,14,16-17H2,1H3/b18-12+/t24-,25+,26-,28-/m1/s1. The fourth-order valence-electron chi connectivity index (χ4n) is 6.02. The van der Waals surface area contributed by atoms with Crippen molar-refractivity contribution in [2.45, 2.75) is 45.1 Å². The van der Waals surface area contributed by atoms with Gasteiger partial charge in [-0.3, -0.25) is 19.7 Å². The van der Waals surface area contributed by atoms with Gasteiger partial charge in [0, 0.05) is 18.1 Å². The maximum atomic E-state index is 13.6. The Bertz CT molecular complexity index is 1350. The number of imide groups is 1. The fourth-order valence-corrected chi connectivity index (χ4v) is 6.02. The number of carbonyl (C=O) groups excluding carboxylic acids is 2. The van der Waals surface area contributed by atoms with Gasteiger partial charge in [0.2, 0.25) is 11.8 Å². The quantitative estimate of drug-likeness (QED) is 0.142. The van der Waals surface area contributed by atoms with E-state index in [0.717, 1.165) is 34.9 Å². The number of hydrogen-bond donors (Lipinski definition) is 4. The van der Waals surface area contributed by atoms with Crippen LogP contribution < -0.4 is 4.90 Å². The van der Waals surface area contributed by atoms with Crippen molar-refractivity contribution >= 4 is 29.3 Å². The smallest absolute Gasteiger partial charge is 0.271 e. The number of phenolic OH excluding ortho intramolecular Hbond substituents is 1. The first-order valence-electron chi connectivity index (χ1n) is 13.4. The normalized spacial score (nSPS) is 22.1. The second kappa shape index (κ2) is 12.5. The van der Waals surface area contributed by atoms with Gasteiger partial charge in [-0.05, 0) is 60.6 Å². The average Bonchev–Trinajstić information content (AvgIpc) is 3.19. The summed E-state index contributed by atoms with van der Waals surface area (Å²) in [5.41, 5.74) is 2.49. The first-order valence-corrected chi connectivity index (χ1v) is 13.4. The van der Waals surface area contributed by atoms with Crippen LogP contribution in [-0.2, 0) is 9.59 Å². The van der Waals surface area contributed by atoms with Crippen molar-refractivity contribution in [3.63, 3.8) is 0 Å². The Kier molecular flexibility index (Phi) is 9.14. The molecule has 40 heavy (non-hydrogen) atoms. The van der Waals surface area contributed by atoms with E-state index in [0.29, 0.717) is 17.6 Å².